The first-order valence-electron chi connectivity index (χ1n) is 13.0. The van der Waals surface area contributed by atoms with Crippen LogP contribution < -0.4 is 16.0 Å². The molecule has 206 valence electrons. The number of aliphatic hydroxyl groups is 1. The van der Waals surface area contributed by atoms with Gasteiger partial charge in [-0.25, -0.2) is 14.4 Å². The fourth-order valence-corrected chi connectivity index (χ4v) is 5.55. The number of anilines is 2. The smallest absolute Gasteiger partial charge is 0.273 e. The van der Waals surface area contributed by atoms with Gasteiger partial charge < -0.3 is 26.0 Å². The maximum atomic E-state index is 13.6. The van der Waals surface area contributed by atoms with Crippen LogP contribution in [-0.4, -0.2) is 94.6 Å². The van der Waals surface area contributed by atoms with Gasteiger partial charge >= 0.3 is 0 Å². The van der Waals surface area contributed by atoms with Gasteiger partial charge in [-0.1, -0.05) is 18.5 Å². The summed E-state index contributed by atoms with van der Waals surface area (Å²) in [5.74, 6) is -0.449. The molecule has 10 nitrogen and oxygen atoms in total. The van der Waals surface area contributed by atoms with Crippen LogP contribution in [0.1, 0.15) is 52.6 Å². The molecule has 4 rings (SSSR count). The van der Waals surface area contributed by atoms with Gasteiger partial charge in [0.1, 0.15) is 5.82 Å². The van der Waals surface area contributed by atoms with E-state index < -0.39 is 5.91 Å². The number of hydrogen-bond donors (Lipinski definition) is 3. The topological polar surface area (TPSA) is 128 Å². The zero-order valence-corrected chi connectivity index (χ0v) is 22.5. The molecule has 0 aliphatic carbocycles. The highest BCUT2D eigenvalue weighted by Gasteiger charge is 2.35. The number of amides is 2. The van der Waals surface area contributed by atoms with E-state index in [9.17, 15) is 14.0 Å². The molecule has 38 heavy (non-hydrogen) atoms. The van der Waals surface area contributed by atoms with Crippen molar-refractivity contribution in [3.8, 4) is 0 Å². The zero-order chi connectivity index (χ0) is 27.4. The number of benzene rings is 1. The number of halogens is 2. The Balaban J connectivity index is 1.38. The first-order valence-corrected chi connectivity index (χ1v) is 13.4. The van der Waals surface area contributed by atoms with Crippen molar-refractivity contribution in [2.75, 3.05) is 56.5 Å². The quantitative estimate of drug-likeness (QED) is 0.481. The molecule has 0 bridgehead atoms. The molecule has 2 aliphatic rings. The van der Waals surface area contributed by atoms with Crippen LogP contribution in [0, 0.1) is 12.7 Å². The van der Waals surface area contributed by atoms with E-state index in [-0.39, 0.29) is 47.6 Å². The third-order valence-electron chi connectivity index (χ3n) is 7.40. The van der Waals surface area contributed by atoms with Crippen molar-refractivity contribution >= 4 is 35.1 Å². The molecule has 2 saturated heterocycles. The molecule has 1 atom stereocenters. The molecule has 12 heteroatoms. The van der Waals surface area contributed by atoms with Gasteiger partial charge in [-0.3, -0.25) is 14.5 Å². The minimum Gasteiger partial charge on any atom is -0.395 e. The number of aliphatic hydroxyl groups excluding tert-OH is 1. The van der Waals surface area contributed by atoms with Gasteiger partial charge in [0.2, 0.25) is 0 Å². The second-order valence-electron chi connectivity index (χ2n) is 9.78. The summed E-state index contributed by atoms with van der Waals surface area (Å²) < 4.78 is 13.6. The number of carbonyl (C=O) groups is 2. The molecule has 0 radical (unpaired) electrons. The van der Waals surface area contributed by atoms with Gasteiger partial charge in [-0.05, 0) is 49.9 Å². The first kappa shape index (κ1) is 28.0. The second kappa shape index (κ2) is 12.2. The minimum atomic E-state index is -0.534. The van der Waals surface area contributed by atoms with Crippen LogP contribution in [0.25, 0.3) is 0 Å². The highest BCUT2D eigenvalue weighted by atomic mass is 35.5. The Kier molecular flexibility index (Phi) is 9.01. The molecule has 2 aliphatic heterocycles. The van der Waals surface area contributed by atoms with Crippen molar-refractivity contribution in [3.63, 3.8) is 0 Å². The fourth-order valence-electron chi connectivity index (χ4n) is 5.31. The van der Waals surface area contributed by atoms with Gasteiger partial charge in [0.05, 0.1) is 6.61 Å². The molecule has 3 heterocycles. The number of piperidine rings is 1. The lowest BCUT2D eigenvalue weighted by molar-refractivity contribution is 0.0490. The van der Waals surface area contributed by atoms with E-state index in [4.69, 9.17) is 22.4 Å². The largest absolute Gasteiger partial charge is 0.395 e. The molecule has 1 aromatic carbocycles. The molecule has 1 aromatic heterocycles. The number of piperazine rings is 1. The van der Waals surface area contributed by atoms with E-state index in [1.165, 1.54) is 6.07 Å². The van der Waals surface area contributed by atoms with Crippen molar-refractivity contribution in [2.45, 2.75) is 45.2 Å². The molecule has 2 aromatic rings. The molecule has 2 amide bonds. The summed E-state index contributed by atoms with van der Waals surface area (Å²) in [7, 11) is 0. The van der Waals surface area contributed by atoms with E-state index in [2.05, 4.69) is 32.0 Å². The summed E-state index contributed by atoms with van der Waals surface area (Å²) in [5, 5.41) is 11.5. The van der Waals surface area contributed by atoms with Crippen LogP contribution >= 0.6 is 11.6 Å². The van der Waals surface area contributed by atoms with Crippen LogP contribution in [0.4, 0.5) is 16.0 Å². The van der Waals surface area contributed by atoms with Crippen LogP contribution in [-0.2, 0) is 0 Å². The number of nitrogens with one attached hydrogen (secondary N) is 1. The monoisotopic (exact) mass is 547 g/mol. The number of aromatic nitrogens is 2. The number of carbonyl (C=O) groups excluding carboxylic acids is 2. The van der Waals surface area contributed by atoms with E-state index in [1.54, 1.807) is 19.1 Å². The van der Waals surface area contributed by atoms with Crippen molar-refractivity contribution in [1.82, 2.24) is 25.1 Å². The summed E-state index contributed by atoms with van der Waals surface area (Å²) in [6, 6.07) is 5.13. The maximum absolute atomic E-state index is 13.6. The Labute approximate surface area is 227 Å². The van der Waals surface area contributed by atoms with Crippen molar-refractivity contribution in [3.05, 3.63) is 46.0 Å². The van der Waals surface area contributed by atoms with E-state index >= 15 is 0 Å². The Morgan fingerprint density at radius 1 is 1.21 bits per heavy atom. The number of likely N-dealkylation sites (tertiary alicyclic amines) is 1. The van der Waals surface area contributed by atoms with Crippen molar-refractivity contribution in [2.24, 2.45) is 0 Å². The predicted molar refractivity (Wildman–Crippen MR) is 144 cm³/mol. The Morgan fingerprint density at radius 2 is 1.95 bits per heavy atom. The van der Waals surface area contributed by atoms with Gasteiger partial charge in [-0.15, -0.1) is 0 Å². The number of hydrogen-bond acceptors (Lipinski definition) is 8. The van der Waals surface area contributed by atoms with E-state index in [1.807, 2.05) is 4.90 Å². The molecule has 0 saturated carbocycles. The lowest BCUT2D eigenvalue weighted by Crippen LogP contribution is -2.58. The Hall–Kier alpha value is -3.02. The van der Waals surface area contributed by atoms with Crippen molar-refractivity contribution in [1.29, 1.82) is 0 Å². The third-order valence-corrected chi connectivity index (χ3v) is 7.65. The average molecular weight is 548 g/mol. The van der Waals surface area contributed by atoms with Gasteiger partial charge in [-0.2, -0.15) is 0 Å². The van der Waals surface area contributed by atoms with Gasteiger partial charge in [0.15, 0.2) is 22.5 Å². The van der Waals surface area contributed by atoms with Gasteiger partial charge in [0.25, 0.3) is 11.8 Å². The molecule has 0 spiro atoms. The zero-order valence-electron chi connectivity index (χ0n) is 21.8. The summed E-state index contributed by atoms with van der Waals surface area (Å²) in [5.41, 5.74) is 6.97. The van der Waals surface area contributed by atoms with E-state index in [0.29, 0.717) is 49.2 Å². The summed E-state index contributed by atoms with van der Waals surface area (Å²) in [4.78, 5) is 40.2. The van der Waals surface area contributed by atoms with Crippen LogP contribution in [0.5, 0.6) is 0 Å². The molecular weight excluding hydrogens is 513 g/mol. The van der Waals surface area contributed by atoms with E-state index in [0.717, 1.165) is 25.8 Å². The lowest BCUT2D eigenvalue weighted by Gasteiger charge is -2.47. The highest BCUT2D eigenvalue weighted by molar-refractivity contribution is 6.32. The number of aryl methyl sites for hydroxylation is 1. The molecule has 2 fully saturated rings. The average Bonchev–Trinajstić information content (AvgIpc) is 2.93. The van der Waals surface area contributed by atoms with Crippen LogP contribution in [0.2, 0.25) is 5.15 Å². The number of nitrogens with two attached hydrogens (primary N) is 1. The summed E-state index contributed by atoms with van der Waals surface area (Å²) in [6.07, 6.45) is 2.66. The minimum absolute atomic E-state index is 0.0105. The Morgan fingerprint density at radius 3 is 2.61 bits per heavy atom. The van der Waals surface area contributed by atoms with Gasteiger partial charge in [0, 0.05) is 56.9 Å². The second-order valence-corrected chi connectivity index (χ2v) is 10.1. The van der Waals surface area contributed by atoms with Crippen LogP contribution in [0.3, 0.4) is 0 Å². The Bertz CT molecular complexity index is 1180. The number of rotatable bonds is 7. The summed E-state index contributed by atoms with van der Waals surface area (Å²) >= 11 is 6.43. The lowest BCUT2D eigenvalue weighted by atomic mass is 9.97. The molecular formula is C26H35ClFN7O3. The number of nitrogen functional groups attached to an aromatic ring is 1. The normalized spacial score (nSPS) is 19.0. The predicted octanol–water partition coefficient (Wildman–Crippen LogP) is 2.09. The molecule has 4 N–H and O–H groups in total. The van der Waals surface area contributed by atoms with Crippen LogP contribution in [0.15, 0.2) is 18.2 Å². The SMILES string of the molecule is CC[C@H]1CN(c2nc(N)c(C(=O)NCCO)nc2Cl)CCN1C1CCN(C(=O)c2ccc(F)c(C)c2)CC1. The number of nitrogens with zero attached hydrogens (tertiary/aromatic N) is 5. The first-order chi connectivity index (χ1) is 18.2. The maximum Gasteiger partial charge on any atom is 0.273 e. The molecule has 0 unspecified atom stereocenters. The van der Waals surface area contributed by atoms with Crippen molar-refractivity contribution < 1.29 is 19.1 Å². The standard InChI is InChI=1S/C26H35ClFN7O3/c1-3-18-15-34(24-22(27)31-21(23(29)32-24)25(37)30-8-13-36)11-12-35(18)19-6-9-33(10-7-19)26(38)17-4-5-20(28)16(2)14-17/h4-5,14,18-19,36H,3,6-13,15H2,1-2H3,(H2,29,32)(H,30,37)/t18-/m0/s1. The highest BCUT2D eigenvalue weighted by Crippen LogP contribution is 2.30. The fraction of sp³-hybridized carbons (Fsp3) is 0.538. The third kappa shape index (κ3) is 6.00. The summed E-state index contributed by atoms with van der Waals surface area (Å²) in [6.45, 7) is 7.17.